The first-order valence-corrected chi connectivity index (χ1v) is 12.9. The molecule has 0 bridgehead atoms. The first kappa shape index (κ1) is 24.9. The van der Waals surface area contributed by atoms with Crippen LogP contribution in [0.15, 0.2) is 53.4 Å². The average Bonchev–Trinajstić information content (AvgIpc) is 2.82. The number of rotatable bonds is 10. The fourth-order valence-electron chi connectivity index (χ4n) is 3.18. The zero-order valence-electron chi connectivity index (χ0n) is 18.4. The molecule has 2 amide bonds. The second-order valence-electron chi connectivity index (χ2n) is 7.17. The van der Waals surface area contributed by atoms with E-state index in [1.165, 1.54) is 23.9 Å². The quantitative estimate of drug-likeness (QED) is 0.453. The standard InChI is InChI=1S/C22H27N3O6S2/c1-3-31-16-7-9-18(10-8-16)33(28,29)19-13-24-22(25-21(19)27)32-14-20(26)23-12-15-5-4-6-17(11-15)30-2/h4-11,19,22,24H,3,12-14H2,1-2H3,(H,23,26)(H,25,27). The minimum absolute atomic E-state index is 0.0511. The van der Waals surface area contributed by atoms with E-state index >= 15 is 0 Å². The molecule has 0 aromatic heterocycles. The Morgan fingerprint density at radius 2 is 1.94 bits per heavy atom. The number of thioether (sulfide) groups is 1. The lowest BCUT2D eigenvalue weighted by atomic mass is 10.2. The van der Waals surface area contributed by atoms with E-state index in [1.807, 2.05) is 31.2 Å². The van der Waals surface area contributed by atoms with Crippen molar-refractivity contribution < 1.29 is 27.5 Å². The highest BCUT2D eigenvalue weighted by atomic mass is 32.2. The van der Waals surface area contributed by atoms with E-state index < -0.39 is 26.5 Å². The van der Waals surface area contributed by atoms with Crippen molar-refractivity contribution in [1.29, 1.82) is 0 Å². The van der Waals surface area contributed by atoms with Gasteiger partial charge in [-0.25, -0.2) is 8.42 Å². The van der Waals surface area contributed by atoms with Gasteiger partial charge in [0.15, 0.2) is 15.1 Å². The molecule has 1 aliphatic rings. The summed E-state index contributed by atoms with van der Waals surface area (Å²) in [5.74, 6) is 0.557. The number of hydrogen-bond acceptors (Lipinski definition) is 8. The number of amides is 2. The lowest BCUT2D eigenvalue weighted by Gasteiger charge is -2.29. The maximum absolute atomic E-state index is 12.9. The third kappa shape index (κ3) is 6.62. The Bertz CT molecular complexity index is 1080. The summed E-state index contributed by atoms with van der Waals surface area (Å²) in [5, 5.41) is 7.16. The van der Waals surface area contributed by atoms with Crippen LogP contribution in [0, 0.1) is 0 Å². The van der Waals surface area contributed by atoms with E-state index in [-0.39, 0.29) is 23.1 Å². The molecular weight excluding hydrogens is 466 g/mol. The van der Waals surface area contributed by atoms with Gasteiger partial charge in [-0.05, 0) is 48.9 Å². The van der Waals surface area contributed by atoms with E-state index in [9.17, 15) is 18.0 Å². The predicted octanol–water partition coefficient (Wildman–Crippen LogP) is 1.29. The molecule has 0 radical (unpaired) electrons. The molecule has 0 saturated carbocycles. The molecule has 0 spiro atoms. The maximum atomic E-state index is 12.9. The monoisotopic (exact) mass is 493 g/mol. The molecule has 11 heteroatoms. The molecule has 1 fully saturated rings. The van der Waals surface area contributed by atoms with Crippen LogP contribution in [0.3, 0.4) is 0 Å². The van der Waals surface area contributed by atoms with Gasteiger partial charge >= 0.3 is 0 Å². The highest BCUT2D eigenvalue weighted by Gasteiger charge is 2.38. The van der Waals surface area contributed by atoms with Gasteiger partial charge in [0.25, 0.3) is 0 Å². The minimum Gasteiger partial charge on any atom is -0.497 e. The molecule has 2 aromatic carbocycles. The Morgan fingerprint density at radius 1 is 1.18 bits per heavy atom. The average molecular weight is 494 g/mol. The van der Waals surface area contributed by atoms with E-state index in [0.29, 0.717) is 24.7 Å². The number of sulfone groups is 1. The Balaban J connectivity index is 1.48. The summed E-state index contributed by atoms with van der Waals surface area (Å²) in [7, 11) is -2.29. The van der Waals surface area contributed by atoms with Gasteiger partial charge in [0.2, 0.25) is 11.8 Å². The molecule has 2 atom stereocenters. The lowest BCUT2D eigenvalue weighted by molar-refractivity contribution is -0.122. The van der Waals surface area contributed by atoms with Crippen LogP contribution in [0.25, 0.3) is 0 Å². The Hall–Kier alpha value is -2.76. The second-order valence-corrected chi connectivity index (χ2v) is 10.4. The fraction of sp³-hybridized carbons (Fsp3) is 0.364. The number of methoxy groups -OCH3 is 1. The van der Waals surface area contributed by atoms with Gasteiger partial charge in [0.1, 0.15) is 17.0 Å². The topological polar surface area (TPSA) is 123 Å². The zero-order chi connectivity index (χ0) is 23.8. The molecule has 1 saturated heterocycles. The summed E-state index contributed by atoms with van der Waals surface area (Å²) in [6, 6.07) is 13.4. The number of hydrogen-bond donors (Lipinski definition) is 3. The summed E-state index contributed by atoms with van der Waals surface area (Å²) in [4.78, 5) is 24.7. The number of nitrogens with one attached hydrogen (secondary N) is 3. The van der Waals surface area contributed by atoms with Crippen LogP contribution in [0.5, 0.6) is 11.5 Å². The maximum Gasteiger partial charge on any atom is 0.241 e. The van der Waals surface area contributed by atoms with Gasteiger partial charge < -0.3 is 20.1 Å². The van der Waals surface area contributed by atoms with Crippen molar-refractivity contribution in [2.45, 2.75) is 29.1 Å². The molecule has 1 heterocycles. The minimum atomic E-state index is -3.87. The van der Waals surface area contributed by atoms with Crippen LogP contribution in [-0.4, -0.2) is 57.0 Å². The highest BCUT2D eigenvalue weighted by molar-refractivity contribution is 8.00. The smallest absolute Gasteiger partial charge is 0.241 e. The summed E-state index contributed by atoms with van der Waals surface area (Å²) in [6.07, 6.45) is 0. The summed E-state index contributed by atoms with van der Waals surface area (Å²) < 4.78 is 36.3. The van der Waals surface area contributed by atoms with E-state index in [0.717, 1.165) is 5.56 Å². The van der Waals surface area contributed by atoms with Gasteiger partial charge in [-0.1, -0.05) is 12.1 Å². The van der Waals surface area contributed by atoms with Gasteiger partial charge in [-0.2, -0.15) is 0 Å². The highest BCUT2D eigenvalue weighted by Crippen LogP contribution is 2.22. The zero-order valence-corrected chi connectivity index (χ0v) is 20.0. The van der Waals surface area contributed by atoms with Crippen molar-refractivity contribution in [3.05, 3.63) is 54.1 Å². The van der Waals surface area contributed by atoms with Gasteiger partial charge in [-0.15, -0.1) is 11.8 Å². The van der Waals surface area contributed by atoms with Crippen molar-refractivity contribution in [3.63, 3.8) is 0 Å². The van der Waals surface area contributed by atoms with Crippen molar-refractivity contribution in [3.8, 4) is 11.5 Å². The SMILES string of the molecule is CCOc1ccc(S(=O)(=O)C2CNC(SCC(=O)NCc3cccc(OC)c3)NC2=O)cc1. The van der Waals surface area contributed by atoms with Crippen molar-refractivity contribution in [1.82, 2.24) is 16.0 Å². The van der Waals surface area contributed by atoms with Gasteiger partial charge in [0, 0.05) is 13.1 Å². The van der Waals surface area contributed by atoms with Crippen LogP contribution in [0.2, 0.25) is 0 Å². The van der Waals surface area contributed by atoms with Crippen LogP contribution in [0.1, 0.15) is 12.5 Å². The Labute approximate surface area is 197 Å². The molecule has 1 aliphatic heterocycles. The number of ether oxygens (including phenoxy) is 2. The largest absolute Gasteiger partial charge is 0.497 e. The first-order valence-electron chi connectivity index (χ1n) is 10.3. The van der Waals surface area contributed by atoms with Crippen LogP contribution in [0.4, 0.5) is 0 Å². The molecule has 33 heavy (non-hydrogen) atoms. The van der Waals surface area contributed by atoms with Crippen molar-refractivity contribution in [2.24, 2.45) is 0 Å². The number of carbonyl (C=O) groups is 2. The van der Waals surface area contributed by atoms with Gasteiger partial charge in [0.05, 0.1) is 24.4 Å². The molecule has 3 rings (SSSR count). The van der Waals surface area contributed by atoms with Crippen LogP contribution < -0.4 is 25.4 Å². The molecule has 2 unspecified atom stereocenters. The van der Waals surface area contributed by atoms with Crippen molar-refractivity contribution >= 4 is 33.4 Å². The third-order valence-electron chi connectivity index (χ3n) is 4.90. The molecule has 0 aliphatic carbocycles. The summed E-state index contributed by atoms with van der Waals surface area (Å²) in [6.45, 7) is 2.61. The number of benzene rings is 2. The summed E-state index contributed by atoms with van der Waals surface area (Å²) in [5.41, 5.74) is 0.339. The fourth-order valence-corrected chi connectivity index (χ4v) is 5.52. The Kier molecular flexibility index (Phi) is 8.59. The first-order chi connectivity index (χ1) is 15.8. The Morgan fingerprint density at radius 3 is 2.61 bits per heavy atom. The van der Waals surface area contributed by atoms with E-state index in [2.05, 4.69) is 16.0 Å². The van der Waals surface area contributed by atoms with Crippen molar-refractivity contribution in [2.75, 3.05) is 26.0 Å². The molecule has 9 nitrogen and oxygen atoms in total. The molecule has 178 valence electrons. The molecule has 3 N–H and O–H groups in total. The normalized spacial score (nSPS) is 18.3. The molecular formula is C22H27N3O6S2. The molecule has 2 aromatic rings. The number of carbonyl (C=O) groups excluding carboxylic acids is 2. The van der Waals surface area contributed by atoms with Gasteiger partial charge in [-0.3, -0.25) is 14.9 Å². The predicted molar refractivity (Wildman–Crippen MR) is 126 cm³/mol. The van der Waals surface area contributed by atoms with Crippen LogP contribution >= 0.6 is 11.8 Å². The van der Waals surface area contributed by atoms with E-state index in [1.54, 1.807) is 19.2 Å². The summed E-state index contributed by atoms with van der Waals surface area (Å²) >= 11 is 1.18. The van der Waals surface area contributed by atoms with Crippen LogP contribution in [-0.2, 0) is 26.0 Å². The second kappa shape index (κ2) is 11.4. The lowest BCUT2D eigenvalue weighted by Crippen LogP contribution is -2.59. The van der Waals surface area contributed by atoms with E-state index in [4.69, 9.17) is 9.47 Å². The third-order valence-corrected chi connectivity index (χ3v) is 8.00.